The Bertz CT molecular complexity index is 404. The van der Waals surface area contributed by atoms with Crippen LogP contribution in [0.2, 0.25) is 0 Å². The van der Waals surface area contributed by atoms with Crippen molar-refractivity contribution < 1.29 is 4.79 Å². The molecule has 2 rings (SSSR count). The normalized spacial score (nSPS) is 24.6. The van der Waals surface area contributed by atoms with E-state index < -0.39 is 0 Å². The van der Waals surface area contributed by atoms with Crippen molar-refractivity contribution in [3.63, 3.8) is 0 Å². The number of thiophene rings is 1. The minimum Gasteiger partial charge on any atom is -0.338 e. The number of hydrogen-bond acceptors (Lipinski definition) is 2. The lowest BCUT2D eigenvalue weighted by atomic mass is 9.85. The molecule has 2 atom stereocenters. The van der Waals surface area contributed by atoms with Crippen LogP contribution in [0.15, 0.2) is 11.4 Å². The molecular weight excluding hydrogens is 345 g/mol. The second-order valence-corrected chi connectivity index (χ2v) is 7.69. The molecule has 1 aromatic rings. The van der Waals surface area contributed by atoms with E-state index in [2.05, 4.69) is 29.5 Å². The summed E-state index contributed by atoms with van der Waals surface area (Å²) >= 11 is 3.90. The van der Waals surface area contributed by atoms with Crippen molar-refractivity contribution in [3.8, 4) is 0 Å². The Hall–Kier alpha value is -0.100. The molecule has 0 N–H and O–H groups in total. The average Bonchev–Trinajstić information content (AvgIpc) is 2.75. The number of carbonyl (C=O) groups excluding carboxylic acids is 1. The standard InChI is InChI=1S/C13H18INOS/c1-9-5-3-4-6-11(9)15(2)13(16)10-7-12(14)17-8-10/h7-9,11H,3-6H2,1-2H3. The van der Waals surface area contributed by atoms with Crippen molar-refractivity contribution in [1.82, 2.24) is 4.90 Å². The molecule has 2 nitrogen and oxygen atoms in total. The van der Waals surface area contributed by atoms with Gasteiger partial charge in [0.05, 0.1) is 8.45 Å². The smallest absolute Gasteiger partial charge is 0.254 e. The van der Waals surface area contributed by atoms with Gasteiger partial charge in [0.25, 0.3) is 5.91 Å². The van der Waals surface area contributed by atoms with E-state index in [-0.39, 0.29) is 5.91 Å². The van der Waals surface area contributed by atoms with Gasteiger partial charge < -0.3 is 4.90 Å². The number of hydrogen-bond donors (Lipinski definition) is 0. The second-order valence-electron chi connectivity index (χ2n) is 4.88. The number of amides is 1. The van der Waals surface area contributed by atoms with Crippen LogP contribution in [0.3, 0.4) is 0 Å². The molecule has 1 fully saturated rings. The molecule has 0 aromatic carbocycles. The summed E-state index contributed by atoms with van der Waals surface area (Å²) in [5.41, 5.74) is 0.847. The summed E-state index contributed by atoms with van der Waals surface area (Å²) in [5.74, 6) is 0.818. The van der Waals surface area contributed by atoms with E-state index in [0.717, 1.165) is 12.0 Å². The zero-order valence-corrected chi connectivity index (χ0v) is 13.3. The third-order valence-electron chi connectivity index (χ3n) is 3.70. The van der Waals surface area contributed by atoms with Gasteiger partial charge in [-0.2, -0.15) is 0 Å². The molecule has 1 heterocycles. The first-order valence-corrected chi connectivity index (χ1v) is 8.06. The van der Waals surface area contributed by atoms with E-state index in [0.29, 0.717) is 12.0 Å². The summed E-state index contributed by atoms with van der Waals surface area (Å²) in [5, 5.41) is 1.97. The van der Waals surface area contributed by atoms with E-state index in [9.17, 15) is 4.79 Å². The van der Waals surface area contributed by atoms with E-state index in [1.54, 1.807) is 11.3 Å². The van der Waals surface area contributed by atoms with Crippen molar-refractivity contribution in [2.24, 2.45) is 5.92 Å². The number of rotatable bonds is 2. The molecule has 17 heavy (non-hydrogen) atoms. The predicted octanol–water partition coefficient (Wildman–Crippen LogP) is 4.00. The lowest BCUT2D eigenvalue weighted by molar-refractivity contribution is 0.0629. The minimum absolute atomic E-state index is 0.183. The molecule has 1 amide bonds. The summed E-state index contributed by atoms with van der Waals surface area (Å²) in [6.07, 6.45) is 4.98. The number of nitrogens with zero attached hydrogens (tertiary/aromatic N) is 1. The SMILES string of the molecule is CC1CCCCC1N(C)C(=O)c1csc(I)c1. The van der Waals surface area contributed by atoms with Gasteiger partial charge in [0.2, 0.25) is 0 Å². The van der Waals surface area contributed by atoms with Gasteiger partial charge in [-0.1, -0.05) is 19.8 Å². The van der Waals surface area contributed by atoms with Gasteiger partial charge in [0, 0.05) is 18.5 Å². The lowest BCUT2D eigenvalue weighted by Crippen LogP contribution is -2.42. The minimum atomic E-state index is 0.183. The molecule has 94 valence electrons. The maximum atomic E-state index is 12.3. The Morgan fingerprint density at radius 2 is 2.18 bits per heavy atom. The topological polar surface area (TPSA) is 20.3 Å². The van der Waals surface area contributed by atoms with Crippen molar-refractivity contribution in [1.29, 1.82) is 0 Å². The summed E-state index contributed by atoms with van der Waals surface area (Å²) in [6.45, 7) is 2.27. The van der Waals surface area contributed by atoms with Crippen molar-refractivity contribution in [2.45, 2.75) is 38.6 Å². The van der Waals surface area contributed by atoms with Crippen molar-refractivity contribution in [2.75, 3.05) is 7.05 Å². The molecule has 4 heteroatoms. The van der Waals surface area contributed by atoms with E-state index >= 15 is 0 Å². The summed E-state index contributed by atoms with van der Waals surface area (Å²) < 4.78 is 1.18. The first kappa shape index (κ1) is 13.3. The summed E-state index contributed by atoms with van der Waals surface area (Å²) in [4.78, 5) is 14.3. The maximum Gasteiger partial charge on any atom is 0.254 e. The molecule has 0 saturated heterocycles. The van der Waals surface area contributed by atoms with Crippen LogP contribution in [0.25, 0.3) is 0 Å². The van der Waals surface area contributed by atoms with Gasteiger partial charge in [-0.05, 0) is 47.4 Å². The highest BCUT2D eigenvalue weighted by molar-refractivity contribution is 14.1. The van der Waals surface area contributed by atoms with E-state index in [1.165, 1.54) is 22.1 Å². The van der Waals surface area contributed by atoms with Crippen LogP contribution in [0, 0.1) is 8.80 Å². The maximum absolute atomic E-state index is 12.3. The Balaban J connectivity index is 2.08. The largest absolute Gasteiger partial charge is 0.338 e. The van der Waals surface area contributed by atoms with Crippen molar-refractivity contribution >= 4 is 39.8 Å². The van der Waals surface area contributed by atoms with Gasteiger partial charge in [-0.15, -0.1) is 11.3 Å². The molecule has 1 saturated carbocycles. The quantitative estimate of drug-likeness (QED) is 0.728. The van der Waals surface area contributed by atoms with Gasteiger partial charge in [-0.25, -0.2) is 0 Å². The molecule has 0 radical (unpaired) electrons. The van der Waals surface area contributed by atoms with Crippen LogP contribution in [0.5, 0.6) is 0 Å². The fraction of sp³-hybridized carbons (Fsp3) is 0.615. The van der Waals surface area contributed by atoms with Crippen molar-refractivity contribution in [3.05, 3.63) is 19.9 Å². The van der Waals surface area contributed by atoms with Gasteiger partial charge in [0.15, 0.2) is 0 Å². The van der Waals surface area contributed by atoms with Crippen LogP contribution in [0.4, 0.5) is 0 Å². The average molecular weight is 363 g/mol. The van der Waals surface area contributed by atoms with Crippen LogP contribution >= 0.6 is 33.9 Å². The van der Waals surface area contributed by atoms with Gasteiger partial charge in [-0.3, -0.25) is 4.79 Å². The summed E-state index contributed by atoms with van der Waals surface area (Å²) in [6, 6.07) is 2.41. The Morgan fingerprint density at radius 1 is 1.47 bits per heavy atom. The molecule has 1 aromatic heterocycles. The summed E-state index contributed by atoms with van der Waals surface area (Å²) in [7, 11) is 1.96. The predicted molar refractivity (Wildman–Crippen MR) is 80.5 cm³/mol. The Morgan fingerprint density at radius 3 is 2.76 bits per heavy atom. The zero-order valence-electron chi connectivity index (χ0n) is 10.3. The Kier molecular flexibility index (Phi) is 4.47. The third-order valence-corrected chi connectivity index (χ3v) is 5.49. The van der Waals surface area contributed by atoms with E-state index in [1.807, 2.05) is 23.4 Å². The Labute approximate surface area is 121 Å². The molecule has 1 aliphatic rings. The molecule has 1 aliphatic carbocycles. The zero-order chi connectivity index (χ0) is 12.4. The van der Waals surface area contributed by atoms with Crippen LogP contribution in [0.1, 0.15) is 43.0 Å². The first-order chi connectivity index (χ1) is 8.09. The van der Waals surface area contributed by atoms with E-state index in [4.69, 9.17) is 0 Å². The van der Waals surface area contributed by atoms with Crippen LogP contribution in [-0.2, 0) is 0 Å². The highest BCUT2D eigenvalue weighted by atomic mass is 127. The molecule has 0 aliphatic heterocycles. The highest BCUT2D eigenvalue weighted by Crippen LogP contribution is 2.28. The first-order valence-electron chi connectivity index (χ1n) is 6.11. The second kappa shape index (κ2) is 5.69. The molecular formula is C13H18INOS. The lowest BCUT2D eigenvalue weighted by Gasteiger charge is -2.36. The van der Waals surface area contributed by atoms with Crippen LogP contribution < -0.4 is 0 Å². The monoisotopic (exact) mass is 363 g/mol. The van der Waals surface area contributed by atoms with Gasteiger partial charge in [0.1, 0.15) is 0 Å². The third kappa shape index (κ3) is 3.02. The number of carbonyl (C=O) groups is 1. The molecule has 0 bridgehead atoms. The molecule has 0 spiro atoms. The van der Waals surface area contributed by atoms with Crippen LogP contribution in [-0.4, -0.2) is 23.9 Å². The highest BCUT2D eigenvalue weighted by Gasteiger charge is 2.28. The fourth-order valence-corrected chi connectivity index (χ4v) is 3.97. The number of halogens is 1. The molecule has 2 unspecified atom stereocenters. The fourth-order valence-electron chi connectivity index (χ4n) is 2.65. The van der Waals surface area contributed by atoms with Gasteiger partial charge >= 0.3 is 0 Å².